The third-order valence-electron chi connectivity index (χ3n) is 11.8. The maximum atomic E-state index is 14.9. The van der Waals surface area contributed by atoms with E-state index in [1.54, 1.807) is 41.3 Å². The number of nitrogens with two attached hydrogens (primary N) is 1. The zero-order valence-corrected chi connectivity index (χ0v) is 37.9. The first-order valence-corrected chi connectivity index (χ1v) is 22.7. The largest absolute Gasteiger partial charge is 0.482 e. The molecule has 68 heavy (non-hydrogen) atoms. The van der Waals surface area contributed by atoms with Crippen molar-refractivity contribution in [2.75, 3.05) is 52.5 Å². The molecule has 2 heterocycles. The summed E-state index contributed by atoms with van der Waals surface area (Å²) < 4.78 is 10.6. The maximum Gasteiger partial charge on any atom is 0.341 e. The van der Waals surface area contributed by atoms with E-state index in [0.29, 0.717) is 49.4 Å². The fourth-order valence-electron chi connectivity index (χ4n) is 8.30. The van der Waals surface area contributed by atoms with Gasteiger partial charge in [0.05, 0.1) is 25.0 Å². The smallest absolute Gasteiger partial charge is 0.341 e. The van der Waals surface area contributed by atoms with Gasteiger partial charge in [0.2, 0.25) is 35.4 Å². The van der Waals surface area contributed by atoms with Crippen molar-refractivity contribution >= 4 is 41.4 Å². The molecule has 3 atom stereocenters. The van der Waals surface area contributed by atoms with E-state index in [0.717, 1.165) is 34.4 Å². The number of hydrogen-bond donors (Lipinski definition) is 7. The number of nitrogens with zero attached hydrogens (tertiary/aromatic N) is 1. The number of amides is 6. The molecule has 1 saturated heterocycles. The Hall–Kier alpha value is -7.37. The molecule has 1 fully saturated rings. The molecule has 17 heteroatoms. The summed E-state index contributed by atoms with van der Waals surface area (Å²) in [5, 5.41) is 23.3. The molecule has 2 aliphatic rings. The number of carboxylic acids is 1. The second kappa shape index (κ2) is 25.0. The highest BCUT2D eigenvalue weighted by molar-refractivity contribution is 5.97. The molecule has 4 aromatic rings. The van der Waals surface area contributed by atoms with Gasteiger partial charge in [-0.2, -0.15) is 0 Å². The molecule has 6 amide bonds. The predicted octanol–water partition coefficient (Wildman–Crippen LogP) is 2.21. The number of ether oxygens (including phenoxy) is 2. The van der Waals surface area contributed by atoms with Crippen molar-refractivity contribution in [3.8, 4) is 16.9 Å². The summed E-state index contributed by atoms with van der Waals surface area (Å²) in [5.74, 6) is -3.53. The Morgan fingerprint density at radius 1 is 0.809 bits per heavy atom. The third-order valence-corrected chi connectivity index (χ3v) is 11.8. The van der Waals surface area contributed by atoms with Crippen LogP contribution < -0.4 is 37.1 Å². The van der Waals surface area contributed by atoms with Gasteiger partial charge in [0.15, 0.2) is 6.61 Å². The summed E-state index contributed by atoms with van der Waals surface area (Å²) >= 11 is 0. The Morgan fingerprint density at radius 2 is 1.51 bits per heavy atom. The zero-order valence-electron chi connectivity index (χ0n) is 37.9. The molecule has 2 bridgehead atoms. The molecule has 0 aliphatic carbocycles. The molecule has 2 aliphatic heterocycles. The number of fused-ring (bicyclic) bond motifs is 3. The van der Waals surface area contributed by atoms with Crippen LogP contribution in [-0.4, -0.2) is 116 Å². The lowest BCUT2D eigenvalue weighted by molar-refractivity contribution is -0.142. The van der Waals surface area contributed by atoms with Crippen LogP contribution in [0.4, 0.5) is 0 Å². The summed E-state index contributed by atoms with van der Waals surface area (Å²) in [6, 6.07) is 29.0. The molecule has 4 aromatic carbocycles. The molecular formula is C51H59N7O10. The SMILES string of the molecule is NCCOCCNC(=O)[C@@H]1CCNC(=O)/C=C/C(=O)N2CCC[C@](Cc3ccccc3)(C2)C(=O)NC(Cc2ccc(-c3ccc(OCC(=O)O)cc3)cc2)C(=O)NCc2ccccc2CC(=O)N1. The van der Waals surface area contributed by atoms with Gasteiger partial charge in [-0.05, 0) is 71.2 Å². The van der Waals surface area contributed by atoms with E-state index in [2.05, 4.69) is 26.6 Å². The normalized spacial score (nSPS) is 20.2. The van der Waals surface area contributed by atoms with Crippen LogP contribution in [0, 0.1) is 5.41 Å². The number of hydrogen-bond acceptors (Lipinski definition) is 10. The lowest BCUT2D eigenvalue weighted by Crippen LogP contribution is -2.58. The molecule has 6 rings (SSSR count). The highest BCUT2D eigenvalue weighted by Gasteiger charge is 2.44. The first-order chi connectivity index (χ1) is 32.9. The van der Waals surface area contributed by atoms with E-state index in [4.69, 9.17) is 20.3 Å². The Bertz CT molecular complexity index is 2410. The lowest BCUT2D eigenvalue weighted by Gasteiger charge is -2.42. The minimum Gasteiger partial charge on any atom is -0.482 e. The zero-order chi connectivity index (χ0) is 48.3. The van der Waals surface area contributed by atoms with Gasteiger partial charge >= 0.3 is 5.97 Å². The Morgan fingerprint density at radius 3 is 2.24 bits per heavy atom. The first-order valence-electron chi connectivity index (χ1n) is 22.7. The molecular weight excluding hydrogens is 871 g/mol. The van der Waals surface area contributed by atoms with Gasteiger partial charge in [-0.25, -0.2) is 4.79 Å². The highest BCUT2D eigenvalue weighted by atomic mass is 16.5. The van der Waals surface area contributed by atoms with Crippen LogP contribution in [0.5, 0.6) is 5.75 Å². The van der Waals surface area contributed by atoms with Crippen LogP contribution in [0.3, 0.4) is 0 Å². The van der Waals surface area contributed by atoms with Crippen LogP contribution >= 0.6 is 0 Å². The van der Waals surface area contributed by atoms with E-state index in [1.165, 1.54) is 0 Å². The van der Waals surface area contributed by atoms with Crippen molar-refractivity contribution in [3.63, 3.8) is 0 Å². The number of benzene rings is 4. The molecule has 0 radical (unpaired) electrons. The molecule has 1 unspecified atom stereocenters. The minimum absolute atomic E-state index is 0.00138. The van der Waals surface area contributed by atoms with E-state index < -0.39 is 65.5 Å². The van der Waals surface area contributed by atoms with E-state index in [9.17, 15) is 33.6 Å². The summed E-state index contributed by atoms with van der Waals surface area (Å²) in [7, 11) is 0. The Balaban J connectivity index is 1.29. The Labute approximate surface area is 395 Å². The topological polar surface area (TPSA) is 248 Å². The number of carboxylic acid groups (broad SMARTS) is 1. The molecule has 358 valence electrons. The molecule has 0 saturated carbocycles. The quantitative estimate of drug-likeness (QED) is 0.0904. The van der Waals surface area contributed by atoms with Gasteiger partial charge < -0.3 is 51.8 Å². The van der Waals surface area contributed by atoms with Crippen molar-refractivity contribution in [2.24, 2.45) is 11.1 Å². The van der Waals surface area contributed by atoms with Crippen molar-refractivity contribution < 1.29 is 48.1 Å². The van der Waals surface area contributed by atoms with Crippen molar-refractivity contribution in [1.82, 2.24) is 31.5 Å². The number of rotatable bonds is 14. The average Bonchev–Trinajstić information content (AvgIpc) is 3.34. The monoisotopic (exact) mass is 929 g/mol. The summed E-state index contributed by atoms with van der Waals surface area (Å²) in [5.41, 5.74) is 8.92. The van der Waals surface area contributed by atoms with E-state index >= 15 is 0 Å². The minimum atomic E-state index is -1.14. The number of piperidine rings is 1. The summed E-state index contributed by atoms with van der Waals surface area (Å²) in [4.78, 5) is 95.5. The summed E-state index contributed by atoms with van der Waals surface area (Å²) in [6.07, 6.45) is 3.48. The van der Waals surface area contributed by atoms with E-state index in [-0.39, 0.29) is 58.5 Å². The number of nitrogens with one attached hydrogen (secondary N) is 5. The molecule has 17 nitrogen and oxygen atoms in total. The van der Waals surface area contributed by atoms with Gasteiger partial charge in [-0.3, -0.25) is 28.8 Å². The molecule has 0 spiro atoms. The van der Waals surface area contributed by atoms with Crippen molar-refractivity contribution in [1.29, 1.82) is 0 Å². The molecule has 8 N–H and O–H groups in total. The second-order valence-corrected chi connectivity index (χ2v) is 16.8. The predicted molar refractivity (Wildman–Crippen MR) is 253 cm³/mol. The van der Waals surface area contributed by atoms with Crippen LogP contribution in [0.25, 0.3) is 11.1 Å². The third kappa shape index (κ3) is 14.8. The fraction of sp³-hybridized carbons (Fsp3) is 0.353. The maximum absolute atomic E-state index is 14.9. The van der Waals surface area contributed by atoms with Gasteiger partial charge in [0, 0.05) is 57.8 Å². The van der Waals surface area contributed by atoms with Crippen LogP contribution in [0.1, 0.15) is 41.5 Å². The first kappa shape index (κ1) is 50.1. The van der Waals surface area contributed by atoms with Gasteiger partial charge in [0.25, 0.3) is 0 Å². The van der Waals surface area contributed by atoms with Gasteiger partial charge in [-0.1, -0.05) is 91.0 Å². The fourth-order valence-corrected chi connectivity index (χ4v) is 8.30. The van der Waals surface area contributed by atoms with Crippen molar-refractivity contribution in [2.45, 2.75) is 57.2 Å². The average molecular weight is 930 g/mol. The van der Waals surface area contributed by atoms with Crippen molar-refractivity contribution in [3.05, 3.63) is 138 Å². The lowest BCUT2D eigenvalue weighted by atomic mass is 9.74. The van der Waals surface area contributed by atoms with E-state index in [1.807, 2.05) is 66.7 Å². The van der Waals surface area contributed by atoms with Gasteiger partial charge in [-0.15, -0.1) is 0 Å². The Kier molecular flexibility index (Phi) is 18.4. The van der Waals surface area contributed by atoms with Gasteiger partial charge in [0.1, 0.15) is 17.8 Å². The number of aliphatic carboxylic acids is 1. The standard InChI is InChI=1S/C51H59N7O10/c52-23-27-67-28-25-54-48(64)42-21-24-53-44(59)19-20-46(61)58-26-6-22-51(34-58,31-36-7-2-1-3-8-36)50(66)57-43(49(65)55-32-40-10-5-4-9-39(40)30-45(60)56-42)29-35-11-13-37(14-12-35)38-15-17-41(18-16-38)68-33-47(62)63/h1-5,7-20,42-43H,6,21-34,52H2,(H,53,59)(H,54,64)(H,55,65)(H,56,60)(H,57,66)(H,62,63)/b20-19+/t42-,43?,51-/m0/s1. The summed E-state index contributed by atoms with van der Waals surface area (Å²) in [6.45, 7) is 0.961. The highest BCUT2D eigenvalue weighted by Crippen LogP contribution is 2.35. The number of carbonyl (C=O) groups is 7. The number of carbonyl (C=O) groups excluding carboxylic acids is 6. The van der Waals surface area contributed by atoms with Crippen LogP contribution in [-0.2, 0) is 64.1 Å². The molecule has 0 aromatic heterocycles. The second-order valence-electron chi connectivity index (χ2n) is 16.8. The van der Waals surface area contributed by atoms with Crippen LogP contribution in [0.15, 0.2) is 115 Å². The van der Waals surface area contributed by atoms with Crippen LogP contribution in [0.2, 0.25) is 0 Å².